The molecule has 0 aliphatic heterocycles. The van der Waals surface area contributed by atoms with Crippen LogP contribution in [0.1, 0.15) is 22.4 Å². The van der Waals surface area contributed by atoms with Gasteiger partial charge in [-0.05, 0) is 55.7 Å². The lowest BCUT2D eigenvalue weighted by molar-refractivity contribution is 1.03. The van der Waals surface area contributed by atoms with E-state index in [1.54, 1.807) is 0 Å². The second-order valence-electron chi connectivity index (χ2n) is 6.16. The number of rotatable bonds is 5. The fourth-order valence-corrected chi connectivity index (χ4v) is 2.92. The van der Waals surface area contributed by atoms with Crippen LogP contribution in [-0.2, 0) is 6.54 Å². The van der Waals surface area contributed by atoms with Crippen LogP contribution in [0.4, 0.5) is 17.5 Å². The lowest BCUT2D eigenvalue weighted by atomic mass is 10.1. The molecule has 0 bridgehead atoms. The third-order valence-electron chi connectivity index (χ3n) is 3.74. The molecular formula is C20H21ClN4. The summed E-state index contributed by atoms with van der Waals surface area (Å²) in [5, 5.41) is 7.34. The number of benzene rings is 2. The van der Waals surface area contributed by atoms with E-state index in [0.717, 1.165) is 27.8 Å². The monoisotopic (exact) mass is 352 g/mol. The summed E-state index contributed by atoms with van der Waals surface area (Å²) in [4.78, 5) is 9.01. The van der Waals surface area contributed by atoms with Crippen LogP contribution >= 0.6 is 11.6 Å². The van der Waals surface area contributed by atoms with Crippen molar-refractivity contribution in [3.8, 4) is 0 Å². The number of anilines is 3. The molecule has 2 aromatic carbocycles. The number of nitrogens with zero attached hydrogens (tertiary/aromatic N) is 2. The molecule has 0 amide bonds. The molecule has 5 heteroatoms. The highest BCUT2D eigenvalue weighted by molar-refractivity contribution is 6.31. The van der Waals surface area contributed by atoms with Crippen LogP contribution in [0.3, 0.4) is 0 Å². The first-order chi connectivity index (χ1) is 12.0. The lowest BCUT2D eigenvalue weighted by Crippen LogP contribution is -2.06. The number of aryl methyl sites for hydroxylation is 3. The standard InChI is InChI=1S/C20H21ClN4/c1-13-8-14(2)10-17(9-13)24-19-11-15(3)23-20(25-19)22-12-16-6-4-5-7-18(16)21/h4-11H,12H2,1-3H3,(H2,22,23,24,25). The molecular weight excluding hydrogens is 332 g/mol. The van der Waals surface area contributed by atoms with Gasteiger partial charge >= 0.3 is 0 Å². The van der Waals surface area contributed by atoms with Crippen LogP contribution in [0.2, 0.25) is 5.02 Å². The average molecular weight is 353 g/mol. The van der Waals surface area contributed by atoms with Crippen molar-refractivity contribution in [2.45, 2.75) is 27.3 Å². The van der Waals surface area contributed by atoms with Gasteiger partial charge in [0.2, 0.25) is 5.95 Å². The molecule has 0 aliphatic carbocycles. The molecule has 1 heterocycles. The Morgan fingerprint density at radius 3 is 2.36 bits per heavy atom. The van der Waals surface area contributed by atoms with Gasteiger partial charge in [-0.3, -0.25) is 0 Å². The topological polar surface area (TPSA) is 49.8 Å². The molecule has 3 aromatic rings. The van der Waals surface area contributed by atoms with E-state index >= 15 is 0 Å². The Balaban J connectivity index is 1.77. The molecule has 0 saturated heterocycles. The zero-order chi connectivity index (χ0) is 17.8. The van der Waals surface area contributed by atoms with Gasteiger partial charge in [-0.2, -0.15) is 4.98 Å². The summed E-state index contributed by atoms with van der Waals surface area (Å²) in [6, 6.07) is 16.0. The second-order valence-corrected chi connectivity index (χ2v) is 6.57. The van der Waals surface area contributed by atoms with Crippen LogP contribution in [0.5, 0.6) is 0 Å². The Morgan fingerprint density at radius 1 is 0.920 bits per heavy atom. The van der Waals surface area contributed by atoms with Gasteiger partial charge in [-0.25, -0.2) is 4.98 Å². The minimum Gasteiger partial charge on any atom is -0.350 e. The summed E-state index contributed by atoms with van der Waals surface area (Å²) in [5.74, 6) is 1.34. The summed E-state index contributed by atoms with van der Waals surface area (Å²) in [6.07, 6.45) is 0. The molecule has 0 atom stereocenters. The molecule has 2 N–H and O–H groups in total. The van der Waals surface area contributed by atoms with Crippen LogP contribution in [0, 0.1) is 20.8 Å². The van der Waals surface area contributed by atoms with Gasteiger partial charge in [0.1, 0.15) is 5.82 Å². The SMILES string of the molecule is Cc1cc(C)cc(Nc2cc(C)nc(NCc3ccccc3Cl)n2)c1. The fourth-order valence-electron chi connectivity index (χ4n) is 2.72. The maximum Gasteiger partial charge on any atom is 0.225 e. The van der Waals surface area contributed by atoms with Crippen LogP contribution in [-0.4, -0.2) is 9.97 Å². The van der Waals surface area contributed by atoms with E-state index in [4.69, 9.17) is 11.6 Å². The summed E-state index contributed by atoms with van der Waals surface area (Å²) < 4.78 is 0. The van der Waals surface area contributed by atoms with E-state index in [9.17, 15) is 0 Å². The number of hydrogen-bond donors (Lipinski definition) is 2. The van der Waals surface area contributed by atoms with E-state index in [-0.39, 0.29) is 0 Å². The van der Waals surface area contributed by atoms with Crippen LogP contribution in [0.15, 0.2) is 48.5 Å². The highest BCUT2D eigenvalue weighted by Gasteiger charge is 2.05. The Morgan fingerprint density at radius 2 is 1.64 bits per heavy atom. The number of nitrogens with one attached hydrogen (secondary N) is 2. The smallest absolute Gasteiger partial charge is 0.225 e. The molecule has 128 valence electrons. The van der Waals surface area contributed by atoms with Gasteiger partial charge in [0.15, 0.2) is 0 Å². The molecule has 4 nitrogen and oxygen atoms in total. The van der Waals surface area contributed by atoms with Gasteiger partial charge in [0.25, 0.3) is 0 Å². The van der Waals surface area contributed by atoms with E-state index in [2.05, 4.69) is 52.6 Å². The van der Waals surface area contributed by atoms with Crippen LogP contribution < -0.4 is 10.6 Å². The quantitative estimate of drug-likeness (QED) is 0.644. The van der Waals surface area contributed by atoms with E-state index in [1.807, 2.05) is 37.3 Å². The molecule has 25 heavy (non-hydrogen) atoms. The third kappa shape index (κ3) is 4.70. The zero-order valence-corrected chi connectivity index (χ0v) is 15.4. The second kappa shape index (κ2) is 7.53. The summed E-state index contributed by atoms with van der Waals surface area (Å²) in [6.45, 7) is 6.70. The fraction of sp³-hybridized carbons (Fsp3) is 0.200. The molecule has 0 fully saturated rings. The molecule has 0 saturated carbocycles. The first kappa shape index (κ1) is 17.2. The maximum atomic E-state index is 6.20. The summed E-state index contributed by atoms with van der Waals surface area (Å²) in [7, 11) is 0. The first-order valence-electron chi connectivity index (χ1n) is 8.18. The number of hydrogen-bond acceptors (Lipinski definition) is 4. The Hall–Kier alpha value is -2.59. The number of aromatic nitrogens is 2. The lowest BCUT2D eigenvalue weighted by Gasteiger charge is -2.11. The van der Waals surface area contributed by atoms with Crippen molar-refractivity contribution < 1.29 is 0 Å². The van der Waals surface area contributed by atoms with E-state index in [0.29, 0.717) is 12.5 Å². The summed E-state index contributed by atoms with van der Waals surface area (Å²) in [5.41, 5.74) is 5.35. The van der Waals surface area contributed by atoms with Crippen molar-refractivity contribution in [3.05, 3.63) is 75.9 Å². The highest BCUT2D eigenvalue weighted by atomic mass is 35.5. The third-order valence-corrected chi connectivity index (χ3v) is 4.11. The van der Waals surface area contributed by atoms with Crippen molar-refractivity contribution in [1.29, 1.82) is 0 Å². The van der Waals surface area contributed by atoms with Gasteiger partial charge in [-0.15, -0.1) is 0 Å². The zero-order valence-electron chi connectivity index (χ0n) is 14.6. The molecule has 0 aliphatic rings. The highest BCUT2D eigenvalue weighted by Crippen LogP contribution is 2.20. The first-order valence-corrected chi connectivity index (χ1v) is 8.56. The van der Waals surface area contributed by atoms with Gasteiger partial charge < -0.3 is 10.6 Å². The molecule has 1 aromatic heterocycles. The van der Waals surface area contributed by atoms with E-state index < -0.39 is 0 Å². The average Bonchev–Trinajstić information content (AvgIpc) is 2.52. The maximum absolute atomic E-state index is 6.20. The van der Waals surface area contributed by atoms with Gasteiger partial charge in [-0.1, -0.05) is 35.9 Å². The minimum atomic E-state index is 0.576. The summed E-state index contributed by atoms with van der Waals surface area (Å²) >= 11 is 6.20. The number of halogens is 1. The molecule has 0 unspecified atom stereocenters. The normalized spacial score (nSPS) is 10.6. The van der Waals surface area contributed by atoms with Crippen LogP contribution in [0.25, 0.3) is 0 Å². The van der Waals surface area contributed by atoms with Crippen molar-refractivity contribution in [2.75, 3.05) is 10.6 Å². The Labute approximate surface area is 153 Å². The van der Waals surface area contributed by atoms with E-state index in [1.165, 1.54) is 11.1 Å². The predicted molar refractivity (Wildman–Crippen MR) is 105 cm³/mol. The molecule has 3 rings (SSSR count). The Kier molecular flexibility index (Phi) is 5.19. The largest absolute Gasteiger partial charge is 0.350 e. The van der Waals surface area contributed by atoms with Crippen molar-refractivity contribution in [2.24, 2.45) is 0 Å². The van der Waals surface area contributed by atoms with Crippen molar-refractivity contribution in [1.82, 2.24) is 9.97 Å². The molecule has 0 spiro atoms. The Bertz CT molecular complexity index is 872. The molecule has 0 radical (unpaired) electrons. The van der Waals surface area contributed by atoms with Crippen molar-refractivity contribution in [3.63, 3.8) is 0 Å². The predicted octanol–water partition coefficient (Wildman–Crippen LogP) is 5.41. The minimum absolute atomic E-state index is 0.576. The van der Waals surface area contributed by atoms with Gasteiger partial charge in [0, 0.05) is 29.0 Å². The van der Waals surface area contributed by atoms with Gasteiger partial charge in [0.05, 0.1) is 0 Å². The van der Waals surface area contributed by atoms with Crippen molar-refractivity contribution >= 4 is 29.1 Å².